The summed E-state index contributed by atoms with van der Waals surface area (Å²) in [6, 6.07) is 5.57. The lowest BCUT2D eigenvalue weighted by molar-refractivity contribution is -0.117. The zero-order chi connectivity index (χ0) is 20.4. The van der Waals surface area contributed by atoms with Crippen molar-refractivity contribution in [3.8, 4) is 0 Å². The number of carbonyl (C=O) groups excluding carboxylic acids is 1. The molecule has 0 fully saturated rings. The Bertz CT molecular complexity index is 1000. The van der Waals surface area contributed by atoms with Crippen molar-refractivity contribution in [1.82, 2.24) is 19.6 Å². The van der Waals surface area contributed by atoms with Gasteiger partial charge in [0.25, 0.3) is 6.43 Å². The number of hydrogen-bond acceptors (Lipinski definition) is 3. The maximum absolute atomic E-state index is 13.9. The largest absolute Gasteiger partial charge is 0.307 e. The molecule has 11 heteroatoms. The molecule has 2 aromatic heterocycles. The number of alkyl halides is 2. The van der Waals surface area contributed by atoms with Crippen molar-refractivity contribution in [2.45, 2.75) is 26.4 Å². The molecule has 1 N–H and O–H groups in total. The lowest BCUT2D eigenvalue weighted by atomic mass is 10.2. The van der Waals surface area contributed by atoms with E-state index in [0.29, 0.717) is 10.2 Å². The molecule has 3 rings (SSSR count). The van der Waals surface area contributed by atoms with Crippen LogP contribution in [0.4, 0.5) is 19.0 Å². The van der Waals surface area contributed by atoms with Gasteiger partial charge in [-0.2, -0.15) is 10.2 Å². The SMILES string of the molecule is Cc1cc(C(F)F)n(CC(=O)Nc2nn(Cc3c(F)cccc3Cl)cc2Br)n1. The van der Waals surface area contributed by atoms with E-state index in [9.17, 15) is 18.0 Å². The van der Waals surface area contributed by atoms with Crippen molar-refractivity contribution >= 4 is 39.3 Å². The minimum atomic E-state index is -2.74. The van der Waals surface area contributed by atoms with Crippen molar-refractivity contribution in [1.29, 1.82) is 0 Å². The zero-order valence-electron chi connectivity index (χ0n) is 14.5. The van der Waals surface area contributed by atoms with E-state index in [-0.39, 0.29) is 28.6 Å². The van der Waals surface area contributed by atoms with Crippen LogP contribution < -0.4 is 5.32 Å². The van der Waals surface area contributed by atoms with Crippen molar-refractivity contribution in [3.05, 3.63) is 62.7 Å². The minimum Gasteiger partial charge on any atom is -0.307 e. The second-order valence-corrected chi connectivity index (χ2v) is 7.20. The average molecular weight is 477 g/mol. The van der Waals surface area contributed by atoms with Crippen molar-refractivity contribution in [2.75, 3.05) is 5.32 Å². The Kier molecular flexibility index (Phi) is 6.09. The molecule has 6 nitrogen and oxygen atoms in total. The van der Waals surface area contributed by atoms with Crippen LogP contribution in [0.3, 0.4) is 0 Å². The molecule has 0 spiro atoms. The quantitative estimate of drug-likeness (QED) is 0.567. The molecule has 1 aromatic carbocycles. The van der Waals surface area contributed by atoms with Crippen molar-refractivity contribution < 1.29 is 18.0 Å². The van der Waals surface area contributed by atoms with E-state index in [2.05, 4.69) is 31.4 Å². The molecule has 0 aliphatic carbocycles. The Morgan fingerprint density at radius 1 is 1.36 bits per heavy atom. The fraction of sp³-hybridized carbons (Fsp3) is 0.235. The first-order valence-electron chi connectivity index (χ1n) is 8.02. The van der Waals surface area contributed by atoms with E-state index >= 15 is 0 Å². The molecule has 0 radical (unpaired) electrons. The summed E-state index contributed by atoms with van der Waals surface area (Å²) in [6.07, 6.45) is -1.20. The van der Waals surface area contributed by atoms with Gasteiger partial charge in [-0.25, -0.2) is 13.2 Å². The number of rotatable bonds is 6. The van der Waals surface area contributed by atoms with E-state index < -0.39 is 24.7 Å². The summed E-state index contributed by atoms with van der Waals surface area (Å²) in [7, 11) is 0. The lowest BCUT2D eigenvalue weighted by Crippen LogP contribution is -2.21. The predicted molar refractivity (Wildman–Crippen MR) is 101 cm³/mol. The molecule has 1 amide bonds. The standard InChI is InChI=1S/C17H14BrClF3N5O/c1-9-5-14(16(21)22)27(24-9)8-15(28)23-17-11(18)7-26(25-17)6-10-12(19)3-2-4-13(10)20/h2-5,7,16H,6,8H2,1H3,(H,23,25,28). The Morgan fingerprint density at radius 3 is 2.79 bits per heavy atom. The number of carbonyl (C=O) groups is 1. The van der Waals surface area contributed by atoms with E-state index in [4.69, 9.17) is 11.6 Å². The lowest BCUT2D eigenvalue weighted by Gasteiger charge is -2.07. The summed E-state index contributed by atoms with van der Waals surface area (Å²) in [6.45, 7) is 1.21. The molecule has 28 heavy (non-hydrogen) atoms. The third-order valence-electron chi connectivity index (χ3n) is 3.81. The average Bonchev–Trinajstić information content (AvgIpc) is 3.13. The Morgan fingerprint density at radius 2 is 2.11 bits per heavy atom. The summed E-state index contributed by atoms with van der Waals surface area (Å²) in [5, 5.41) is 10.8. The van der Waals surface area contributed by atoms with E-state index in [1.165, 1.54) is 22.9 Å². The van der Waals surface area contributed by atoms with Crippen LogP contribution in [-0.2, 0) is 17.9 Å². The van der Waals surface area contributed by atoms with Crippen LogP contribution in [0.25, 0.3) is 0 Å². The summed E-state index contributed by atoms with van der Waals surface area (Å²) < 4.78 is 42.7. The summed E-state index contributed by atoms with van der Waals surface area (Å²) in [4.78, 5) is 12.2. The predicted octanol–water partition coefficient (Wildman–Crippen LogP) is 4.57. The normalized spacial score (nSPS) is 11.2. The zero-order valence-corrected chi connectivity index (χ0v) is 16.8. The van der Waals surface area contributed by atoms with Crippen molar-refractivity contribution in [3.63, 3.8) is 0 Å². The van der Waals surface area contributed by atoms with Crippen LogP contribution in [0.1, 0.15) is 23.4 Å². The molecule has 2 heterocycles. The molecule has 0 bridgehead atoms. The number of benzene rings is 1. The monoisotopic (exact) mass is 475 g/mol. The smallest absolute Gasteiger partial charge is 0.280 e. The molecule has 0 aliphatic rings. The summed E-state index contributed by atoms with van der Waals surface area (Å²) in [5.41, 5.74) is 0.299. The topological polar surface area (TPSA) is 64.7 Å². The molecule has 148 valence electrons. The van der Waals surface area contributed by atoms with Gasteiger partial charge in [0, 0.05) is 16.8 Å². The molecule has 0 saturated heterocycles. The highest BCUT2D eigenvalue weighted by Gasteiger charge is 2.19. The van der Waals surface area contributed by atoms with E-state index in [0.717, 1.165) is 4.68 Å². The van der Waals surface area contributed by atoms with Crippen LogP contribution in [0.5, 0.6) is 0 Å². The van der Waals surface area contributed by atoms with Crippen molar-refractivity contribution in [2.24, 2.45) is 0 Å². The number of amides is 1. The van der Waals surface area contributed by atoms with Gasteiger partial charge in [-0.3, -0.25) is 14.2 Å². The van der Waals surface area contributed by atoms with Gasteiger partial charge in [0.2, 0.25) is 5.91 Å². The molecular weight excluding hydrogens is 463 g/mol. The Balaban J connectivity index is 1.73. The first kappa shape index (κ1) is 20.4. The van der Waals surface area contributed by atoms with Gasteiger partial charge in [0.1, 0.15) is 18.1 Å². The number of halogens is 5. The number of nitrogens with one attached hydrogen (secondary N) is 1. The molecule has 0 aliphatic heterocycles. The maximum Gasteiger partial charge on any atom is 0.280 e. The fourth-order valence-electron chi connectivity index (χ4n) is 2.58. The van der Waals surface area contributed by atoms with Gasteiger partial charge in [-0.15, -0.1) is 0 Å². The summed E-state index contributed by atoms with van der Waals surface area (Å²) in [5.74, 6) is -0.891. The maximum atomic E-state index is 13.9. The number of hydrogen-bond donors (Lipinski definition) is 1. The van der Waals surface area contributed by atoms with Gasteiger partial charge in [0.15, 0.2) is 5.82 Å². The number of anilines is 1. The van der Waals surface area contributed by atoms with Gasteiger partial charge in [0.05, 0.1) is 16.7 Å². The number of aryl methyl sites for hydroxylation is 1. The molecule has 0 atom stereocenters. The van der Waals surface area contributed by atoms with Gasteiger partial charge in [-0.1, -0.05) is 17.7 Å². The third-order valence-corrected chi connectivity index (χ3v) is 4.74. The highest BCUT2D eigenvalue weighted by atomic mass is 79.9. The molecule has 3 aromatic rings. The van der Waals surface area contributed by atoms with E-state index in [1.54, 1.807) is 19.2 Å². The number of nitrogens with zero attached hydrogens (tertiary/aromatic N) is 4. The second kappa shape index (κ2) is 8.36. The highest BCUT2D eigenvalue weighted by molar-refractivity contribution is 9.10. The molecule has 0 saturated carbocycles. The van der Waals surface area contributed by atoms with Crippen LogP contribution in [0.2, 0.25) is 5.02 Å². The van der Waals surface area contributed by atoms with E-state index in [1.807, 2.05) is 0 Å². The summed E-state index contributed by atoms with van der Waals surface area (Å²) >= 11 is 9.27. The van der Waals surface area contributed by atoms with Crippen LogP contribution >= 0.6 is 27.5 Å². The minimum absolute atomic E-state index is 0.0495. The Hall–Kier alpha value is -2.33. The van der Waals surface area contributed by atoms with Gasteiger partial charge >= 0.3 is 0 Å². The molecule has 0 unspecified atom stereocenters. The first-order valence-corrected chi connectivity index (χ1v) is 9.20. The first-order chi connectivity index (χ1) is 13.2. The number of aromatic nitrogens is 4. The Labute approximate surface area is 171 Å². The highest BCUT2D eigenvalue weighted by Crippen LogP contribution is 2.24. The van der Waals surface area contributed by atoms with Crippen LogP contribution in [-0.4, -0.2) is 25.5 Å². The molecular formula is C17H14BrClF3N5O. The van der Waals surface area contributed by atoms with Gasteiger partial charge < -0.3 is 5.32 Å². The van der Waals surface area contributed by atoms with Crippen LogP contribution in [0, 0.1) is 12.7 Å². The second-order valence-electron chi connectivity index (χ2n) is 5.94. The third kappa shape index (κ3) is 4.56. The van der Waals surface area contributed by atoms with Gasteiger partial charge in [-0.05, 0) is 41.1 Å². The van der Waals surface area contributed by atoms with Crippen LogP contribution in [0.15, 0.2) is 34.9 Å². The fourth-order valence-corrected chi connectivity index (χ4v) is 3.22.